The SMILES string of the molecule is CCNC(=O)c1noc(-c2cc(C(C)(C)C)c(O)cc2O)c1-c1ccc(CN(CC)CC)cc1. The molecule has 0 saturated heterocycles. The van der Waals surface area contributed by atoms with Crippen LogP contribution in [0, 0.1) is 0 Å². The number of hydrogen-bond acceptors (Lipinski definition) is 6. The molecule has 0 bridgehead atoms. The predicted octanol–water partition coefficient (Wildman–Crippen LogP) is 5.31. The van der Waals surface area contributed by atoms with E-state index in [1.54, 1.807) is 6.07 Å². The number of benzene rings is 2. The first kappa shape index (κ1) is 25.3. The van der Waals surface area contributed by atoms with E-state index in [1.807, 2.05) is 52.0 Å². The van der Waals surface area contributed by atoms with Gasteiger partial charge in [-0.05, 0) is 42.6 Å². The van der Waals surface area contributed by atoms with Crippen molar-refractivity contribution >= 4 is 5.91 Å². The number of carbonyl (C=O) groups excluding carboxylic acids is 1. The minimum Gasteiger partial charge on any atom is -0.508 e. The van der Waals surface area contributed by atoms with Gasteiger partial charge < -0.3 is 20.1 Å². The lowest BCUT2D eigenvalue weighted by atomic mass is 9.84. The molecule has 34 heavy (non-hydrogen) atoms. The summed E-state index contributed by atoms with van der Waals surface area (Å²) in [5, 5.41) is 28.0. The van der Waals surface area contributed by atoms with E-state index >= 15 is 0 Å². The summed E-state index contributed by atoms with van der Waals surface area (Å²) >= 11 is 0. The van der Waals surface area contributed by atoms with E-state index in [0.29, 0.717) is 23.2 Å². The lowest BCUT2D eigenvalue weighted by Crippen LogP contribution is -2.23. The monoisotopic (exact) mass is 465 g/mol. The Morgan fingerprint density at radius 1 is 1.03 bits per heavy atom. The topological polar surface area (TPSA) is 98.8 Å². The Labute approximate surface area is 201 Å². The molecule has 0 fully saturated rings. The molecule has 182 valence electrons. The van der Waals surface area contributed by atoms with Crippen LogP contribution in [0.3, 0.4) is 0 Å². The van der Waals surface area contributed by atoms with Gasteiger partial charge in [-0.15, -0.1) is 0 Å². The Morgan fingerprint density at radius 2 is 1.68 bits per heavy atom. The summed E-state index contributed by atoms with van der Waals surface area (Å²) in [7, 11) is 0. The Kier molecular flexibility index (Phi) is 7.67. The van der Waals surface area contributed by atoms with Crippen molar-refractivity contribution in [1.82, 2.24) is 15.4 Å². The normalized spacial score (nSPS) is 11.7. The second kappa shape index (κ2) is 10.3. The molecule has 0 aliphatic rings. The average Bonchev–Trinajstić information content (AvgIpc) is 3.22. The molecule has 2 aromatic carbocycles. The van der Waals surface area contributed by atoms with Gasteiger partial charge in [-0.25, -0.2) is 0 Å². The van der Waals surface area contributed by atoms with E-state index in [9.17, 15) is 15.0 Å². The quantitative estimate of drug-likeness (QED) is 0.417. The Hall–Kier alpha value is -3.32. The molecular weight excluding hydrogens is 430 g/mol. The standard InChI is InChI=1S/C27H35N3O4/c1-7-28-26(33)24-23(18-12-10-17(11-13-18)16-30(8-2)9-3)25(34-29-24)19-14-20(27(4,5)6)22(32)15-21(19)31/h10-15,31-32H,7-9,16H2,1-6H3,(H,28,33). The van der Waals surface area contributed by atoms with Crippen molar-refractivity contribution in [2.75, 3.05) is 19.6 Å². The first-order valence-corrected chi connectivity index (χ1v) is 11.8. The van der Waals surface area contributed by atoms with Crippen LogP contribution in [-0.4, -0.2) is 45.8 Å². The summed E-state index contributed by atoms with van der Waals surface area (Å²) in [6.07, 6.45) is 0. The molecule has 1 aromatic heterocycles. The van der Waals surface area contributed by atoms with E-state index in [-0.39, 0.29) is 34.3 Å². The number of carbonyl (C=O) groups is 1. The molecule has 3 aromatic rings. The molecule has 7 nitrogen and oxygen atoms in total. The fourth-order valence-corrected chi connectivity index (χ4v) is 3.98. The van der Waals surface area contributed by atoms with Crippen LogP contribution < -0.4 is 5.32 Å². The van der Waals surface area contributed by atoms with Crippen LogP contribution in [0.15, 0.2) is 40.9 Å². The average molecular weight is 466 g/mol. The van der Waals surface area contributed by atoms with Gasteiger partial charge >= 0.3 is 0 Å². The van der Waals surface area contributed by atoms with E-state index in [2.05, 4.69) is 29.2 Å². The zero-order valence-electron chi connectivity index (χ0n) is 20.9. The Balaban J connectivity index is 2.16. The number of aromatic hydroxyl groups is 2. The summed E-state index contributed by atoms with van der Waals surface area (Å²) in [5.41, 5.74) is 3.21. The van der Waals surface area contributed by atoms with Crippen LogP contribution >= 0.6 is 0 Å². The van der Waals surface area contributed by atoms with Crippen molar-refractivity contribution in [3.05, 3.63) is 53.2 Å². The van der Waals surface area contributed by atoms with E-state index < -0.39 is 0 Å². The molecule has 3 rings (SSSR count). The number of nitrogens with one attached hydrogen (secondary N) is 1. The third-order valence-electron chi connectivity index (χ3n) is 5.95. The number of phenolic OH excluding ortho intramolecular Hbond substituents is 2. The zero-order chi connectivity index (χ0) is 25.0. The van der Waals surface area contributed by atoms with Gasteiger partial charge in [-0.1, -0.05) is 64.0 Å². The maximum Gasteiger partial charge on any atom is 0.274 e. The first-order valence-electron chi connectivity index (χ1n) is 11.8. The fraction of sp³-hybridized carbons (Fsp3) is 0.407. The summed E-state index contributed by atoms with van der Waals surface area (Å²) < 4.78 is 5.66. The van der Waals surface area contributed by atoms with Crippen molar-refractivity contribution in [2.24, 2.45) is 0 Å². The number of nitrogens with zero attached hydrogens (tertiary/aromatic N) is 2. The van der Waals surface area contributed by atoms with Crippen LogP contribution in [0.25, 0.3) is 22.5 Å². The van der Waals surface area contributed by atoms with Gasteiger partial charge in [0, 0.05) is 24.7 Å². The second-order valence-electron chi connectivity index (χ2n) is 9.39. The summed E-state index contributed by atoms with van der Waals surface area (Å²) in [6.45, 7) is 15.2. The van der Waals surface area contributed by atoms with Crippen LogP contribution in [0.1, 0.15) is 63.2 Å². The smallest absolute Gasteiger partial charge is 0.274 e. The molecule has 1 heterocycles. The van der Waals surface area contributed by atoms with E-state index in [1.165, 1.54) is 6.07 Å². The van der Waals surface area contributed by atoms with Crippen molar-refractivity contribution < 1.29 is 19.5 Å². The van der Waals surface area contributed by atoms with Crippen molar-refractivity contribution in [1.29, 1.82) is 0 Å². The molecule has 0 atom stereocenters. The van der Waals surface area contributed by atoms with Crippen LogP contribution in [0.4, 0.5) is 0 Å². The molecule has 0 unspecified atom stereocenters. The molecule has 7 heteroatoms. The molecule has 0 aliphatic carbocycles. The molecule has 0 spiro atoms. The fourth-order valence-electron chi connectivity index (χ4n) is 3.98. The number of aromatic nitrogens is 1. The maximum absolute atomic E-state index is 12.8. The van der Waals surface area contributed by atoms with Gasteiger partial charge in [0.25, 0.3) is 5.91 Å². The Bertz CT molecular complexity index is 1140. The third-order valence-corrected chi connectivity index (χ3v) is 5.95. The number of hydrogen-bond donors (Lipinski definition) is 3. The van der Waals surface area contributed by atoms with Gasteiger partial charge in [0.1, 0.15) is 11.5 Å². The Morgan fingerprint density at radius 3 is 2.24 bits per heavy atom. The van der Waals surface area contributed by atoms with Crippen LogP contribution in [-0.2, 0) is 12.0 Å². The first-order chi connectivity index (χ1) is 16.1. The van der Waals surface area contributed by atoms with Crippen molar-refractivity contribution in [3.63, 3.8) is 0 Å². The third kappa shape index (κ3) is 5.25. The molecular formula is C27H35N3O4. The van der Waals surface area contributed by atoms with E-state index in [0.717, 1.165) is 30.8 Å². The van der Waals surface area contributed by atoms with E-state index in [4.69, 9.17) is 4.52 Å². The molecule has 0 aliphatic heterocycles. The highest BCUT2D eigenvalue weighted by Crippen LogP contribution is 2.44. The van der Waals surface area contributed by atoms with Crippen molar-refractivity contribution in [3.8, 4) is 33.9 Å². The van der Waals surface area contributed by atoms with Gasteiger partial charge in [0.2, 0.25) is 0 Å². The van der Waals surface area contributed by atoms with Crippen LogP contribution in [0.5, 0.6) is 11.5 Å². The number of rotatable bonds is 8. The van der Waals surface area contributed by atoms with Gasteiger partial charge in [0.05, 0.1) is 11.1 Å². The lowest BCUT2D eigenvalue weighted by molar-refractivity contribution is 0.0947. The molecule has 3 N–H and O–H groups in total. The van der Waals surface area contributed by atoms with Gasteiger partial charge in [-0.2, -0.15) is 0 Å². The molecule has 0 radical (unpaired) electrons. The second-order valence-corrected chi connectivity index (χ2v) is 9.39. The lowest BCUT2D eigenvalue weighted by Gasteiger charge is -2.21. The minimum atomic E-state index is -0.374. The van der Waals surface area contributed by atoms with Gasteiger partial charge in [0.15, 0.2) is 11.5 Å². The molecule has 1 amide bonds. The molecule has 0 saturated carbocycles. The summed E-state index contributed by atoms with van der Waals surface area (Å²) in [6, 6.07) is 11.0. The van der Waals surface area contributed by atoms with Gasteiger partial charge in [-0.3, -0.25) is 9.69 Å². The minimum absolute atomic E-state index is 0.000444. The maximum atomic E-state index is 12.8. The summed E-state index contributed by atoms with van der Waals surface area (Å²) in [4.78, 5) is 15.1. The highest BCUT2D eigenvalue weighted by Gasteiger charge is 2.28. The highest BCUT2D eigenvalue weighted by atomic mass is 16.5. The number of amides is 1. The summed E-state index contributed by atoms with van der Waals surface area (Å²) in [5.74, 6) is -0.224. The van der Waals surface area contributed by atoms with Crippen molar-refractivity contribution in [2.45, 2.75) is 53.5 Å². The zero-order valence-corrected chi connectivity index (χ0v) is 20.9. The largest absolute Gasteiger partial charge is 0.508 e. The highest BCUT2D eigenvalue weighted by molar-refractivity contribution is 6.02. The predicted molar refractivity (Wildman–Crippen MR) is 134 cm³/mol. The number of phenols is 2. The van der Waals surface area contributed by atoms with Crippen LogP contribution in [0.2, 0.25) is 0 Å².